The summed E-state index contributed by atoms with van der Waals surface area (Å²) in [5.74, 6) is 1.54. The zero-order valence-corrected chi connectivity index (χ0v) is 33.4. The second-order valence-electron chi connectivity index (χ2n) is 15.8. The van der Waals surface area contributed by atoms with Crippen molar-refractivity contribution in [3.8, 4) is 11.5 Å². The fourth-order valence-electron chi connectivity index (χ4n) is 5.60. The molecule has 0 aromatic heterocycles. The maximum Gasteiger partial charge on any atom is 0.192 e. The largest absolute Gasteiger partial charge is 0.497 e. The number of rotatable bonds is 13. The van der Waals surface area contributed by atoms with Gasteiger partial charge in [-0.15, -0.1) is 0 Å². The molecule has 1 fully saturated rings. The van der Waals surface area contributed by atoms with E-state index in [0.717, 1.165) is 28.2 Å². The molecule has 0 radical (unpaired) electrons. The van der Waals surface area contributed by atoms with Crippen molar-refractivity contribution < 1.29 is 32.5 Å². The first-order valence-electron chi connectivity index (χ1n) is 16.9. The third-order valence-electron chi connectivity index (χ3n) is 10.6. The monoisotopic (exact) mass is 694 g/mol. The molecule has 1 heterocycles. The van der Waals surface area contributed by atoms with Crippen LogP contribution in [0.5, 0.6) is 11.5 Å². The van der Waals surface area contributed by atoms with Crippen molar-refractivity contribution in [2.24, 2.45) is 0 Å². The Hall–Kier alpha value is -2.51. The molecule has 0 amide bonds. The lowest BCUT2D eigenvalue weighted by Gasteiger charge is -2.44. The summed E-state index contributed by atoms with van der Waals surface area (Å²) in [7, 11) is 0.498. The Labute approximate surface area is 291 Å². The Morgan fingerprint density at radius 2 is 1.00 bits per heavy atom. The van der Waals surface area contributed by atoms with Crippen LogP contribution in [0.2, 0.25) is 36.3 Å². The van der Waals surface area contributed by atoms with Gasteiger partial charge in [0.25, 0.3) is 0 Å². The normalized spacial score (nSPS) is 20.9. The Bertz CT molecular complexity index is 1400. The van der Waals surface area contributed by atoms with Crippen molar-refractivity contribution in [1.29, 1.82) is 0 Å². The quantitative estimate of drug-likeness (QED) is 0.131. The maximum atomic E-state index is 7.32. The van der Waals surface area contributed by atoms with E-state index in [1.807, 2.05) is 42.5 Å². The smallest absolute Gasteiger partial charge is 0.192 e. The molecule has 0 spiro atoms. The first-order chi connectivity index (χ1) is 22.4. The lowest BCUT2D eigenvalue weighted by molar-refractivity contribution is -0.160. The van der Waals surface area contributed by atoms with E-state index in [1.165, 1.54) is 0 Å². The highest BCUT2D eigenvalue weighted by Crippen LogP contribution is 2.46. The second-order valence-corrected chi connectivity index (χ2v) is 25.3. The van der Waals surface area contributed by atoms with Crippen molar-refractivity contribution in [2.45, 2.75) is 108 Å². The lowest BCUT2D eigenvalue weighted by atomic mass is 9.80. The van der Waals surface area contributed by atoms with Gasteiger partial charge in [0.15, 0.2) is 22.9 Å². The average molecular weight is 695 g/mol. The molecule has 0 aliphatic carbocycles. The van der Waals surface area contributed by atoms with Gasteiger partial charge < -0.3 is 32.5 Å². The number of ether oxygens (including phenoxy) is 5. The van der Waals surface area contributed by atoms with E-state index in [1.54, 1.807) is 21.3 Å². The zero-order chi connectivity index (χ0) is 35.5. The van der Waals surface area contributed by atoms with Crippen molar-refractivity contribution >= 4 is 16.6 Å². The van der Waals surface area contributed by atoms with E-state index in [0.29, 0.717) is 0 Å². The summed E-state index contributed by atoms with van der Waals surface area (Å²) in [6.45, 7) is 22.8. The van der Waals surface area contributed by atoms with E-state index < -0.39 is 46.8 Å². The van der Waals surface area contributed by atoms with E-state index >= 15 is 0 Å². The molecule has 1 aliphatic heterocycles. The molecule has 4 atom stereocenters. The minimum atomic E-state index is -2.29. The van der Waals surface area contributed by atoms with Gasteiger partial charge in [-0.25, -0.2) is 0 Å². The molecule has 3 aromatic rings. The first kappa shape index (κ1) is 38.3. The van der Waals surface area contributed by atoms with E-state index in [9.17, 15) is 0 Å². The minimum Gasteiger partial charge on any atom is -0.497 e. The van der Waals surface area contributed by atoms with Crippen LogP contribution in [0.15, 0.2) is 78.9 Å². The van der Waals surface area contributed by atoms with Gasteiger partial charge in [0, 0.05) is 7.11 Å². The molecule has 264 valence electrons. The number of benzene rings is 3. The van der Waals surface area contributed by atoms with Crippen LogP contribution in [0.4, 0.5) is 0 Å². The number of hydrogen-bond acceptors (Lipinski definition) is 7. The molecule has 7 nitrogen and oxygen atoms in total. The summed E-state index contributed by atoms with van der Waals surface area (Å²) >= 11 is 0. The van der Waals surface area contributed by atoms with Crippen LogP contribution >= 0.6 is 0 Å². The van der Waals surface area contributed by atoms with Gasteiger partial charge in [0.2, 0.25) is 0 Å². The van der Waals surface area contributed by atoms with Gasteiger partial charge in [0.1, 0.15) is 35.4 Å². The van der Waals surface area contributed by atoms with Crippen molar-refractivity contribution in [3.05, 3.63) is 95.6 Å². The fraction of sp³-hybridized carbons (Fsp3) is 0.538. The van der Waals surface area contributed by atoms with Gasteiger partial charge in [-0.05, 0) is 77.2 Å². The maximum absolute atomic E-state index is 7.32. The summed E-state index contributed by atoms with van der Waals surface area (Å²) in [5, 5.41) is -0.0301. The molecule has 48 heavy (non-hydrogen) atoms. The standard InChI is InChI=1S/C39H58O7Si2/c1-37(2,3)47(10,11)45-34-33(44-36(42-9)35(34)46-48(12,13)38(4,5)6)27-43-39(28-17-15-14-16-18-28,29-19-23-31(40-7)24-20-29)30-21-25-32(41-8)26-22-30/h14-26,33-36H,27H2,1-13H3/t33-,34-,35+,36+/m1/s1. The Balaban J connectivity index is 1.85. The highest BCUT2D eigenvalue weighted by molar-refractivity contribution is 6.74. The predicted octanol–water partition coefficient (Wildman–Crippen LogP) is 9.16. The highest BCUT2D eigenvalue weighted by Gasteiger charge is 2.54. The number of hydrogen-bond donors (Lipinski definition) is 0. The van der Waals surface area contributed by atoms with Gasteiger partial charge in [-0.2, -0.15) is 0 Å². The number of methoxy groups -OCH3 is 3. The molecule has 3 aromatic carbocycles. The summed E-state index contributed by atoms with van der Waals surface area (Å²) in [6, 6.07) is 26.5. The molecular weight excluding hydrogens is 637 g/mol. The van der Waals surface area contributed by atoms with Gasteiger partial charge in [-0.1, -0.05) is 96.1 Å². The second kappa shape index (κ2) is 14.8. The van der Waals surface area contributed by atoms with Crippen LogP contribution in [0.1, 0.15) is 58.2 Å². The van der Waals surface area contributed by atoms with Crippen molar-refractivity contribution in [2.75, 3.05) is 27.9 Å². The lowest BCUT2D eigenvalue weighted by Crippen LogP contribution is -2.54. The van der Waals surface area contributed by atoms with E-state index in [2.05, 4.69) is 104 Å². The highest BCUT2D eigenvalue weighted by atomic mass is 28.4. The molecule has 0 N–H and O–H groups in total. The van der Waals surface area contributed by atoms with Crippen LogP contribution in [0, 0.1) is 0 Å². The summed E-state index contributed by atoms with van der Waals surface area (Å²) in [6.07, 6.45) is -1.87. The van der Waals surface area contributed by atoms with Gasteiger partial charge in [-0.3, -0.25) is 0 Å². The fourth-order valence-corrected chi connectivity index (χ4v) is 8.20. The minimum absolute atomic E-state index is 0.00734. The van der Waals surface area contributed by atoms with Gasteiger partial charge in [0.05, 0.1) is 20.8 Å². The molecule has 1 saturated heterocycles. The average Bonchev–Trinajstić information content (AvgIpc) is 3.35. The SMILES string of the molecule is COc1ccc(C(OC[C@H]2O[C@H](OC)[C@@H](O[Si](C)(C)C(C)(C)C)[C@@H]2O[Si](C)(C)C(C)(C)C)(c2ccccc2)c2ccc(OC)cc2)cc1. The van der Waals surface area contributed by atoms with Crippen LogP contribution in [-0.4, -0.2) is 69.2 Å². The van der Waals surface area contributed by atoms with Crippen molar-refractivity contribution in [1.82, 2.24) is 0 Å². The van der Waals surface area contributed by atoms with Crippen LogP contribution in [-0.2, 0) is 28.7 Å². The molecule has 9 heteroatoms. The summed E-state index contributed by atoms with van der Waals surface area (Å²) in [5.41, 5.74) is 1.90. The Morgan fingerprint density at radius 1 is 0.583 bits per heavy atom. The van der Waals surface area contributed by atoms with Gasteiger partial charge >= 0.3 is 0 Å². The zero-order valence-electron chi connectivity index (χ0n) is 31.4. The van der Waals surface area contributed by atoms with E-state index in [4.69, 9.17) is 32.5 Å². The first-order valence-corrected chi connectivity index (χ1v) is 22.7. The summed E-state index contributed by atoms with van der Waals surface area (Å²) in [4.78, 5) is 0. The topological polar surface area (TPSA) is 64.6 Å². The van der Waals surface area contributed by atoms with Crippen molar-refractivity contribution in [3.63, 3.8) is 0 Å². The van der Waals surface area contributed by atoms with E-state index in [-0.39, 0.29) is 16.7 Å². The van der Waals surface area contributed by atoms with Crippen LogP contribution < -0.4 is 9.47 Å². The summed E-state index contributed by atoms with van der Waals surface area (Å²) < 4.78 is 45.5. The molecule has 0 saturated carbocycles. The Kier molecular flexibility index (Phi) is 11.8. The third-order valence-corrected chi connectivity index (χ3v) is 19.6. The molecule has 0 unspecified atom stereocenters. The predicted molar refractivity (Wildman–Crippen MR) is 198 cm³/mol. The Morgan fingerprint density at radius 3 is 1.40 bits per heavy atom. The third kappa shape index (κ3) is 7.93. The molecule has 0 bridgehead atoms. The van der Waals surface area contributed by atoms with Crippen LogP contribution in [0.25, 0.3) is 0 Å². The van der Waals surface area contributed by atoms with Crippen LogP contribution in [0.3, 0.4) is 0 Å². The molecule has 4 rings (SSSR count). The molecule has 1 aliphatic rings. The molecular formula is C39H58O7Si2.